The average molecular weight is 419 g/mol. The molecular formula is C18H22N6O2S2. The molecule has 0 fully saturated rings. The standard InChI is InChI=1S/C18H22N6O2S2/c1-18(2,3)15-21-22-16(28-15)19-13(25)9-10-24-14(20-23-17(24)27)11-5-7-12(26-4)8-6-11/h5-8H,9-10H2,1-4H3,(H,23,27)(H,19,22,25). The van der Waals surface area contributed by atoms with Gasteiger partial charge >= 0.3 is 0 Å². The van der Waals surface area contributed by atoms with Crippen LogP contribution in [0.3, 0.4) is 0 Å². The van der Waals surface area contributed by atoms with Crippen molar-refractivity contribution in [1.29, 1.82) is 0 Å². The molecule has 28 heavy (non-hydrogen) atoms. The third-order valence-corrected chi connectivity index (χ3v) is 5.56. The number of methoxy groups -OCH3 is 1. The largest absolute Gasteiger partial charge is 0.497 e. The van der Waals surface area contributed by atoms with Crippen molar-refractivity contribution >= 4 is 34.6 Å². The van der Waals surface area contributed by atoms with Crippen LogP contribution >= 0.6 is 23.6 Å². The van der Waals surface area contributed by atoms with E-state index < -0.39 is 0 Å². The molecule has 0 aliphatic carbocycles. The molecule has 0 saturated carbocycles. The van der Waals surface area contributed by atoms with E-state index in [-0.39, 0.29) is 17.7 Å². The average Bonchev–Trinajstić information content (AvgIpc) is 3.27. The summed E-state index contributed by atoms with van der Waals surface area (Å²) in [5, 5.41) is 19.4. The van der Waals surface area contributed by atoms with Crippen LogP contribution in [0.4, 0.5) is 5.13 Å². The molecule has 1 aromatic carbocycles. The summed E-state index contributed by atoms with van der Waals surface area (Å²) in [4.78, 5) is 12.3. The number of anilines is 1. The van der Waals surface area contributed by atoms with Gasteiger partial charge in [0.25, 0.3) is 0 Å². The maximum absolute atomic E-state index is 12.3. The third kappa shape index (κ3) is 4.63. The highest BCUT2D eigenvalue weighted by atomic mass is 32.1. The van der Waals surface area contributed by atoms with Crippen molar-refractivity contribution < 1.29 is 9.53 Å². The highest BCUT2D eigenvalue weighted by Gasteiger charge is 2.20. The van der Waals surface area contributed by atoms with E-state index in [1.54, 1.807) is 11.7 Å². The molecule has 3 aromatic rings. The number of nitrogens with zero attached hydrogens (tertiary/aromatic N) is 4. The maximum Gasteiger partial charge on any atom is 0.227 e. The van der Waals surface area contributed by atoms with Crippen molar-refractivity contribution in [2.45, 2.75) is 39.2 Å². The number of nitrogens with one attached hydrogen (secondary N) is 2. The lowest BCUT2D eigenvalue weighted by Crippen LogP contribution is -2.15. The zero-order valence-electron chi connectivity index (χ0n) is 16.1. The second kappa shape index (κ2) is 8.19. The van der Waals surface area contributed by atoms with Crippen molar-refractivity contribution in [2.75, 3.05) is 12.4 Å². The topological polar surface area (TPSA) is 97.7 Å². The zero-order valence-corrected chi connectivity index (χ0v) is 17.8. The second-order valence-electron chi connectivity index (χ2n) is 7.19. The van der Waals surface area contributed by atoms with E-state index in [9.17, 15) is 4.79 Å². The molecule has 2 N–H and O–H groups in total. The number of amides is 1. The fourth-order valence-corrected chi connectivity index (χ4v) is 3.50. The number of carbonyl (C=O) groups is 1. The Morgan fingerprint density at radius 1 is 1.29 bits per heavy atom. The van der Waals surface area contributed by atoms with Gasteiger partial charge in [0, 0.05) is 23.9 Å². The van der Waals surface area contributed by atoms with E-state index in [0.29, 0.717) is 22.3 Å². The molecule has 0 atom stereocenters. The first-order valence-electron chi connectivity index (χ1n) is 8.71. The Bertz CT molecular complexity index is 1010. The predicted octanol–water partition coefficient (Wildman–Crippen LogP) is 3.79. The molecule has 2 heterocycles. The Morgan fingerprint density at radius 3 is 2.61 bits per heavy atom. The Labute approximate surface area is 172 Å². The predicted molar refractivity (Wildman–Crippen MR) is 111 cm³/mol. The normalized spacial score (nSPS) is 11.4. The highest BCUT2D eigenvalue weighted by Crippen LogP contribution is 2.27. The van der Waals surface area contributed by atoms with E-state index in [1.165, 1.54) is 11.3 Å². The number of H-pyrrole nitrogens is 1. The molecule has 0 saturated heterocycles. The van der Waals surface area contributed by atoms with E-state index in [2.05, 4.69) is 46.5 Å². The van der Waals surface area contributed by atoms with E-state index in [4.69, 9.17) is 17.0 Å². The summed E-state index contributed by atoms with van der Waals surface area (Å²) in [7, 11) is 1.62. The minimum absolute atomic E-state index is 0.0994. The minimum atomic E-state index is -0.152. The first-order valence-corrected chi connectivity index (χ1v) is 9.94. The van der Waals surface area contributed by atoms with Crippen molar-refractivity contribution in [3.63, 3.8) is 0 Å². The van der Waals surface area contributed by atoms with Crippen molar-refractivity contribution in [3.05, 3.63) is 34.0 Å². The van der Waals surface area contributed by atoms with Crippen molar-refractivity contribution in [1.82, 2.24) is 25.0 Å². The van der Waals surface area contributed by atoms with Gasteiger partial charge in [0.2, 0.25) is 11.0 Å². The summed E-state index contributed by atoms with van der Waals surface area (Å²) < 4.78 is 7.45. The fraction of sp³-hybridized carbons (Fsp3) is 0.389. The Morgan fingerprint density at radius 2 is 2.00 bits per heavy atom. The summed E-state index contributed by atoms with van der Waals surface area (Å²) in [5.41, 5.74) is 0.783. The van der Waals surface area contributed by atoms with Crippen LogP contribution in [0.15, 0.2) is 24.3 Å². The van der Waals surface area contributed by atoms with E-state index >= 15 is 0 Å². The third-order valence-electron chi connectivity index (χ3n) is 3.98. The molecule has 10 heteroatoms. The summed E-state index contributed by atoms with van der Waals surface area (Å²) in [6.45, 7) is 6.56. The van der Waals surface area contributed by atoms with Crippen LogP contribution in [0.2, 0.25) is 0 Å². The second-order valence-corrected chi connectivity index (χ2v) is 8.56. The number of rotatable bonds is 6. The molecule has 3 rings (SSSR count). The molecular weight excluding hydrogens is 396 g/mol. The number of aromatic amines is 1. The number of aromatic nitrogens is 5. The maximum atomic E-state index is 12.3. The van der Waals surface area contributed by atoms with Gasteiger partial charge in [-0.25, -0.2) is 0 Å². The van der Waals surface area contributed by atoms with Crippen LogP contribution in [-0.4, -0.2) is 38.0 Å². The van der Waals surface area contributed by atoms with E-state index in [1.807, 2.05) is 24.3 Å². The Kier molecular flexibility index (Phi) is 5.90. The van der Waals surface area contributed by atoms with Gasteiger partial charge in [-0.2, -0.15) is 5.10 Å². The summed E-state index contributed by atoms with van der Waals surface area (Å²) in [5.74, 6) is 1.28. The van der Waals surface area contributed by atoms with Gasteiger partial charge in [-0.15, -0.1) is 10.2 Å². The molecule has 8 nitrogen and oxygen atoms in total. The number of ether oxygens (including phenoxy) is 1. The summed E-state index contributed by atoms with van der Waals surface area (Å²) in [6.07, 6.45) is 0.238. The molecule has 0 spiro atoms. The SMILES string of the molecule is COc1ccc(-c2n[nH]c(=S)n2CCC(=O)Nc2nnc(C(C)(C)C)s2)cc1. The van der Waals surface area contributed by atoms with Gasteiger partial charge in [0.1, 0.15) is 10.8 Å². The molecule has 0 bridgehead atoms. The molecule has 148 valence electrons. The lowest BCUT2D eigenvalue weighted by molar-refractivity contribution is -0.116. The lowest BCUT2D eigenvalue weighted by atomic mass is 9.98. The van der Waals surface area contributed by atoms with Crippen molar-refractivity contribution in [3.8, 4) is 17.1 Å². The summed E-state index contributed by atoms with van der Waals surface area (Å²) >= 11 is 6.70. The molecule has 0 aliphatic rings. The molecule has 0 unspecified atom stereocenters. The molecule has 1 amide bonds. The molecule has 0 aliphatic heterocycles. The van der Waals surface area contributed by atoms with Crippen LogP contribution in [0.5, 0.6) is 5.75 Å². The highest BCUT2D eigenvalue weighted by molar-refractivity contribution is 7.71. The minimum Gasteiger partial charge on any atom is -0.497 e. The quantitative estimate of drug-likeness (QED) is 0.591. The lowest BCUT2D eigenvalue weighted by Gasteiger charge is -2.12. The van der Waals surface area contributed by atoms with Crippen molar-refractivity contribution in [2.24, 2.45) is 0 Å². The molecule has 0 radical (unpaired) electrons. The van der Waals surface area contributed by atoms with Gasteiger partial charge in [0.05, 0.1) is 7.11 Å². The first kappa shape index (κ1) is 20.2. The zero-order chi connectivity index (χ0) is 20.3. The fourth-order valence-electron chi connectivity index (χ4n) is 2.46. The van der Waals surface area contributed by atoms with E-state index in [0.717, 1.165) is 16.3 Å². The first-order chi connectivity index (χ1) is 13.3. The van der Waals surface area contributed by atoms with Gasteiger partial charge in [-0.3, -0.25) is 14.5 Å². The van der Waals surface area contributed by atoms with Crippen LogP contribution in [0.1, 0.15) is 32.2 Å². The smallest absolute Gasteiger partial charge is 0.227 e. The number of hydrogen-bond acceptors (Lipinski definition) is 7. The van der Waals surface area contributed by atoms with Crippen LogP contribution < -0.4 is 10.1 Å². The number of hydrogen-bond donors (Lipinski definition) is 2. The van der Waals surface area contributed by atoms with Gasteiger partial charge < -0.3 is 10.1 Å². The molecule has 2 aromatic heterocycles. The monoisotopic (exact) mass is 418 g/mol. The number of benzene rings is 1. The Balaban J connectivity index is 1.67. The van der Waals surface area contributed by atoms with Gasteiger partial charge in [-0.1, -0.05) is 32.1 Å². The summed E-state index contributed by atoms with van der Waals surface area (Å²) in [6, 6.07) is 7.50. The van der Waals surface area contributed by atoms with Gasteiger partial charge in [0.15, 0.2) is 10.6 Å². The van der Waals surface area contributed by atoms with Crippen LogP contribution in [-0.2, 0) is 16.8 Å². The Hall–Kier alpha value is -2.59. The van der Waals surface area contributed by atoms with Crippen LogP contribution in [0, 0.1) is 4.77 Å². The van der Waals surface area contributed by atoms with Gasteiger partial charge in [-0.05, 0) is 36.5 Å². The number of carbonyl (C=O) groups excluding carboxylic acids is 1. The van der Waals surface area contributed by atoms with Crippen LogP contribution in [0.25, 0.3) is 11.4 Å².